The van der Waals surface area contributed by atoms with E-state index in [1.807, 2.05) is 12.1 Å². The van der Waals surface area contributed by atoms with Crippen LogP contribution in [0.1, 0.15) is 32.4 Å². The van der Waals surface area contributed by atoms with Crippen LogP contribution in [0.4, 0.5) is 0 Å². The Morgan fingerprint density at radius 1 is 1.20 bits per heavy atom. The molecule has 0 aliphatic carbocycles. The second-order valence-electron chi connectivity index (χ2n) is 4.75. The van der Waals surface area contributed by atoms with Gasteiger partial charge in [0.2, 0.25) is 0 Å². The van der Waals surface area contributed by atoms with E-state index in [2.05, 4.69) is 32.9 Å². The van der Waals surface area contributed by atoms with Crippen LogP contribution >= 0.6 is 0 Å². The number of benzene rings is 1. The maximum atomic E-state index is 5.77. The Hall–Kier alpha value is -1.02. The molecule has 82 valence electrons. The smallest absolute Gasteiger partial charge is 0.118 e. The van der Waals surface area contributed by atoms with Crippen molar-refractivity contribution in [1.82, 2.24) is 0 Å². The van der Waals surface area contributed by atoms with Crippen LogP contribution in [-0.4, -0.2) is 13.2 Å². The zero-order valence-corrected chi connectivity index (χ0v) is 9.78. The first-order chi connectivity index (χ1) is 7.05. The third-order valence-corrected chi connectivity index (χ3v) is 3.48. The summed E-state index contributed by atoms with van der Waals surface area (Å²) in [5, 5.41) is 0. The summed E-state index contributed by atoms with van der Waals surface area (Å²) in [5.74, 6) is 0.893. The molecule has 0 saturated carbocycles. The Balaban J connectivity index is 2.18. The van der Waals surface area contributed by atoms with Crippen molar-refractivity contribution in [2.24, 2.45) is 5.41 Å². The SMILES string of the molecule is COc1ccc(C2OC(C)C2(C)C)cc1. The van der Waals surface area contributed by atoms with Crippen LogP contribution in [0.2, 0.25) is 0 Å². The number of methoxy groups -OCH3 is 1. The summed E-state index contributed by atoms with van der Waals surface area (Å²) < 4.78 is 10.9. The van der Waals surface area contributed by atoms with Gasteiger partial charge >= 0.3 is 0 Å². The van der Waals surface area contributed by atoms with E-state index in [1.54, 1.807) is 7.11 Å². The molecule has 1 saturated heterocycles. The van der Waals surface area contributed by atoms with Crippen LogP contribution in [0.25, 0.3) is 0 Å². The Bertz CT molecular complexity index is 340. The Morgan fingerprint density at radius 2 is 1.80 bits per heavy atom. The van der Waals surface area contributed by atoms with Crippen molar-refractivity contribution in [2.75, 3.05) is 7.11 Å². The summed E-state index contributed by atoms with van der Waals surface area (Å²) in [6.07, 6.45) is 0.558. The molecule has 2 nitrogen and oxygen atoms in total. The summed E-state index contributed by atoms with van der Waals surface area (Å²) >= 11 is 0. The third kappa shape index (κ3) is 1.63. The fourth-order valence-electron chi connectivity index (χ4n) is 1.98. The summed E-state index contributed by atoms with van der Waals surface area (Å²) in [5.41, 5.74) is 1.47. The topological polar surface area (TPSA) is 18.5 Å². The van der Waals surface area contributed by atoms with Crippen molar-refractivity contribution in [3.8, 4) is 5.75 Å². The van der Waals surface area contributed by atoms with Gasteiger partial charge in [-0.2, -0.15) is 0 Å². The molecule has 0 N–H and O–H groups in total. The zero-order chi connectivity index (χ0) is 11.1. The lowest BCUT2D eigenvalue weighted by Gasteiger charge is -2.50. The Morgan fingerprint density at radius 3 is 2.20 bits per heavy atom. The minimum absolute atomic E-state index is 0.221. The maximum absolute atomic E-state index is 5.77. The number of ether oxygens (including phenoxy) is 2. The molecule has 1 aliphatic heterocycles. The van der Waals surface area contributed by atoms with Crippen molar-refractivity contribution in [3.63, 3.8) is 0 Å². The highest BCUT2D eigenvalue weighted by Crippen LogP contribution is 2.50. The molecule has 1 aromatic rings. The Kier molecular flexibility index (Phi) is 2.47. The first kappa shape index (κ1) is 10.5. The summed E-state index contributed by atoms with van der Waals surface area (Å²) in [4.78, 5) is 0. The molecule has 2 heteroatoms. The van der Waals surface area contributed by atoms with Crippen molar-refractivity contribution < 1.29 is 9.47 Å². The fourth-order valence-corrected chi connectivity index (χ4v) is 1.98. The normalized spacial score (nSPS) is 28.3. The molecular weight excluding hydrogens is 188 g/mol. The van der Waals surface area contributed by atoms with Gasteiger partial charge in [-0.1, -0.05) is 26.0 Å². The molecule has 1 aliphatic rings. The largest absolute Gasteiger partial charge is 0.497 e. The van der Waals surface area contributed by atoms with Gasteiger partial charge in [0.15, 0.2) is 0 Å². The second-order valence-corrected chi connectivity index (χ2v) is 4.75. The minimum atomic E-state index is 0.221. The van der Waals surface area contributed by atoms with Gasteiger partial charge in [0, 0.05) is 5.41 Å². The van der Waals surface area contributed by atoms with Gasteiger partial charge in [-0.15, -0.1) is 0 Å². The number of hydrogen-bond donors (Lipinski definition) is 0. The summed E-state index contributed by atoms with van der Waals surface area (Å²) in [6.45, 7) is 6.62. The molecule has 0 amide bonds. The van der Waals surface area contributed by atoms with Gasteiger partial charge in [0.05, 0.1) is 19.3 Å². The Labute approximate surface area is 91.2 Å². The van der Waals surface area contributed by atoms with E-state index in [1.165, 1.54) is 5.56 Å². The van der Waals surface area contributed by atoms with Gasteiger partial charge in [-0.25, -0.2) is 0 Å². The van der Waals surface area contributed by atoms with Crippen LogP contribution in [-0.2, 0) is 4.74 Å². The van der Waals surface area contributed by atoms with Crippen molar-refractivity contribution in [2.45, 2.75) is 33.0 Å². The first-order valence-corrected chi connectivity index (χ1v) is 5.35. The molecule has 2 rings (SSSR count). The van der Waals surface area contributed by atoms with Crippen molar-refractivity contribution in [3.05, 3.63) is 29.8 Å². The molecule has 0 spiro atoms. The molecule has 0 bridgehead atoms. The minimum Gasteiger partial charge on any atom is -0.497 e. The van der Waals surface area contributed by atoms with E-state index in [-0.39, 0.29) is 11.5 Å². The van der Waals surface area contributed by atoms with E-state index in [0.29, 0.717) is 6.10 Å². The lowest BCUT2D eigenvalue weighted by atomic mass is 9.73. The second kappa shape index (κ2) is 3.53. The standard InChI is InChI=1S/C13H18O2/c1-9-13(2,3)12(15-9)10-5-7-11(14-4)8-6-10/h5-9,12H,1-4H3. The average molecular weight is 206 g/mol. The van der Waals surface area contributed by atoms with Gasteiger partial charge in [-0.05, 0) is 24.6 Å². The van der Waals surface area contributed by atoms with E-state index in [4.69, 9.17) is 9.47 Å². The van der Waals surface area contributed by atoms with Crippen molar-refractivity contribution in [1.29, 1.82) is 0 Å². The zero-order valence-electron chi connectivity index (χ0n) is 9.78. The van der Waals surface area contributed by atoms with Crippen LogP contribution in [0.3, 0.4) is 0 Å². The van der Waals surface area contributed by atoms with Gasteiger partial charge in [0.25, 0.3) is 0 Å². The van der Waals surface area contributed by atoms with Crippen LogP contribution in [0, 0.1) is 5.41 Å². The lowest BCUT2D eigenvalue weighted by molar-refractivity contribution is -0.230. The monoisotopic (exact) mass is 206 g/mol. The quantitative estimate of drug-likeness (QED) is 0.740. The van der Waals surface area contributed by atoms with Crippen molar-refractivity contribution >= 4 is 0 Å². The van der Waals surface area contributed by atoms with Crippen LogP contribution < -0.4 is 4.74 Å². The fraction of sp³-hybridized carbons (Fsp3) is 0.538. The first-order valence-electron chi connectivity index (χ1n) is 5.35. The van der Waals surface area contributed by atoms with Crippen LogP contribution in [0.5, 0.6) is 5.75 Å². The highest BCUT2D eigenvalue weighted by Gasteiger charge is 2.47. The molecule has 1 fully saturated rings. The molecule has 2 unspecified atom stereocenters. The average Bonchev–Trinajstić information content (AvgIpc) is 2.26. The third-order valence-electron chi connectivity index (χ3n) is 3.48. The van der Waals surface area contributed by atoms with Gasteiger partial charge < -0.3 is 9.47 Å². The maximum Gasteiger partial charge on any atom is 0.118 e. The molecule has 0 radical (unpaired) electrons. The van der Waals surface area contributed by atoms with E-state index < -0.39 is 0 Å². The number of rotatable bonds is 2. The van der Waals surface area contributed by atoms with Crippen LogP contribution in [0.15, 0.2) is 24.3 Å². The molecule has 2 atom stereocenters. The lowest BCUT2D eigenvalue weighted by Crippen LogP contribution is -2.48. The summed E-state index contributed by atoms with van der Waals surface area (Å²) in [6, 6.07) is 8.13. The molecule has 1 heterocycles. The van der Waals surface area contributed by atoms with E-state index >= 15 is 0 Å². The number of hydrogen-bond acceptors (Lipinski definition) is 2. The molecule has 0 aromatic heterocycles. The predicted octanol–water partition coefficient (Wildman–Crippen LogP) is 3.18. The highest BCUT2D eigenvalue weighted by atomic mass is 16.5. The molecule has 1 aromatic carbocycles. The van der Waals surface area contributed by atoms with Gasteiger partial charge in [-0.3, -0.25) is 0 Å². The van der Waals surface area contributed by atoms with E-state index in [9.17, 15) is 0 Å². The van der Waals surface area contributed by atoms with E-state index in [0.717, 1.165) is 5.75 Å². The molecule has 15 heavy (non-hydrogen) atoms. The highest BCUT2D eigenvalue weighted by molar-refractivity contribution is 5.30. The van der Waals surface area contributed by atoms with Gasteiger partial charge in [0.1, 0.15) is 5.75 Å². The molecular formula is C13H18O2. The summed E-state index contributed by atoms with van der Waals surface area (Å²) in [7, 11) is 1.68. The predicted molar refractivity (Wildman–Crippen MR) is 60.1 cm³/mol.